The minimum Gasteiger partial charge on any atom is -0.368 e. The first kappa shape index (κ1) is 26.5. The normalized spacial score (nSPS) is 20.0. The fraction of sp³-hybridized carbons (Fsp3) is 0.800. The molecule has 3 heteroatoms. The van der Waals surface area contributed by atoms with Gasteiger partial charge in [0.1, 0.15) is 0 Å². The van der Waals surface area contributed by atoms with Crippen LogP contribution in [0.1, 0.15) is 97.5 Å². The number of nitrogens with two attached hydrogens (primary N) is 1. The Morgan fingerprint density at radius 2 is 1.58 bits per heavy atom. The van der Waals surface area contributed by atoms with Gasteiger partial charge in [0, 0.05) is 44.0 Å². The molecule has 1 aliphatic carbocycles. The van der Waals surface area contributed by atoms with Gasteiger partial charge in [-0.3, -0.25) is 0 Å². The average Bonchev–Trinajstić information content (AvgIpc) is 2.79. The van der Waals surface area contributed by atoms with Crippen molar-refractivity contribution in [3.8, 4) is 0 Å². The number of piperidine rings is 1. The van der Waals surface area contributed by atoms with E-state index in [1.807, 2.05) is 0 Å². The van der Waals surface area contributed by atoms with Gasteiger partial charge in [-0.25, -0.2) is 0 Å². The molecule has 2 N–H and O–H groups in total. The number of aryl methyl sites for hydroxylation is 1. The third-order valence-corrected chi connectivity index (χ3v) is 8.05. The molecule has 2 fully saturated rings. The number of benzene rings is 1. The van der Waals surface area contributed by atoms with E-state index in [2.05, 4.69) is 61.8 Å². The predicted octanol–water partition coefficient (Wildman–Crippen LogP) is 6.89. The Bertz CT molecular complexity index is 639. The molecule has 33 heavy (non-hydrogen) atoms. The lowest BCUT2D eigenvalue weighted by molar-refractivity contribution is 0.191. The van der Waals surface area contributed by atoms with Crippen LogP contribution in [0, 0.1) is 17.8 Å². The van der Waals surface area contributed by atoms with Gasteiger partial charge in [-0.15, -0.1) is 0 Å². The molecule has 1 aliphatic heterocycles. The van der Waals surface area contributed by atoms with Crippen LogP contribution in [-0.4, -0.2) is 43.2 Å². The van der Waals surface area contributed by atoms with Gasteiger partial charge in [0.2, 0.25) is 0 Å². The summed E-state index contributed by atoms with van der Waals surface area (Å²) in [4.78, 5) is 5.34. The van der Waals surface area contributed by atoms with Crippen molar-refractivity contribution in [3.63, 3.8) is 0 Å². The standard InChI is InChI=1S/C30H53N3/c1-24(2)16-21-33(30-17-19-32(20-18-30)23-28(31)22-25(3)4)29-14-12-27(13-15-29)11-10-26-8-6-5-7-9-26/h12-15,24-26,28,30H,5-11,16-23,31H2,1-4H3. The largest absolute Gasteiger partial charge is 0.368 e. The van der Waals surface area contributed by atoms with Crippen molar-refractivity contribution < 1.29 is 0 Å². The Morgan fingerprint density at radius 1 is 0.909 bits per heavy atom. The lowest BCUT2D eigenvalue weighted by Gasteiger charge is -2.41. The minimum absolute atomic E-state index is 0.319. The van der Waals surface area contributed by atoms with Gasteiger partial charge in [0.15, 0.2) is 0 Å². The molecule has 0 spiro atoms. The highest BCUT2D eigenvalue weighted by atomic mass is 15.2. The molecule has 1 unspecified atom stereocenters. The summed E-state index contributed by atoms with van der Waals surface area (Å²) in [6, 6.07) is 10.7. The van der Waals surface area contributed by atoms with Crippen LogP contribution < -0.4 is 10.6 Å². The van der Waals surface area contributed by atoms with Crippen LogP contribution in [0.15, 0.2) is 24.3 Å². The Kier molecular flexibility index (Phi) is 11.0. The van der Waals surface area contributed by atoms with Crippen LogP contribution in [0.25, 0.3) is 0 Å². The van der Waals surface area contributed by atoms with Gasteiger partial charge >= 0.3 is 0 Å². The molecule has 0 bridgehead atoms. The SMILES string of the molecule is CC(C)CCN(c1ccc(CCC2CCCCC2)cc1)C1CCN(CC(N)CC(C)C)CC1. The van der Waals surface area contributed by atoms with Gasteiger partial charge in [0.05, 0.1) is 0 Å². The summed E-state index contributed by atoms with van der Waals surface area (Å²) in [6.07, 6.45) is 14.8. The van der Waals surface area contributed by atoms with Crippen molar-refractivity contribution in [3.05, 3.63) is 29.8 Å². The third kappa shape index (κ3) is 9.25. The number of anilines is 1. The summed E-state index contributed by atoms with van der Waals surface area (Å²) in [5.41, 5.74) is 9.37. The monoisotopic (exact) mass is 455 g/mol. The zero-order valence-electron chi connectivity index (χ0n) is 22.3. The first-order valence-corrected chi connectivity index (χ1v) is 14.2. The Hall–Kier alpha value is -1.06. The van der Waals surface area contributed by atoms with E-state index in [0.29, 0.717) is 18.0 Å². The van der Waals surface area contributed by atoms with Crippen LogP contribution in [0.5, 0.6) is 0 Å². The second kappa shape index (κ2) is 13.7. The van der Waals surface area contributed by atoms with E-state index < -0.39 is 0 Å². The number of nitrogens with zero attached hydrogens (tertiary/aromatic N) is 2. The molecule has 1 saturated carbocycles. The maximum Gasteiger partial charge on any atom is 0.0368 e. The summed E-state index contributed by atoms with van der Waals surface area (Å²) >= 11 is 0. The number of hydrogen-bond acceptors (Lipinski definition) is 3. The fourth-order valence-electron chi connectivity index (χ4n) is 6.05. The van der Waals surface area contributed by atoms with Gasteiger partial charge in [-0.05, 0) is 74.0 Å². The topological polar surface area (TPSA) is 32.5 Å². The molecule has 1 aromatic rings. The number of likely N-dealkylation sites (tertiary alicyclic amines) is 1. The molecule has 0 amide bonds. The highest BCUT2D eigenvalue weighted by Gasteiger charge is 2.26. The number of hydrogen-bond donors (Lipinski definition) is 1. The maximum atomic E-state index is 6.41. The van der Waals surface area contributed by atoms with Crippen molar-refractivity contribution in [1.82, 2.24) is 4.90 Å². The number of rotatable bonds is 12. The predicted molar refractivity (Wildman–Crippen MR) is 145 cm³/mol. The fourth-order valence-corrected chi connectivity index (χ4v) is 6.05. The van der Waals surface area contributed by atoms with Crippen molar-refractivity contribution in [2.24, 2.45) is 23.5 Å². The van der Waals surface area contributed by atoms with Crippen molar-refractivity contribution in [2.75, 3.05) is 31.1 Å². The summed E-state index contributed by atoms with van der Waals surface area (Å²) in [6.45, 7) is 13.9. The first-order chi connectivity index (χ1) is 15.9. The highest BCUT2D eigenvalue weighted by Crippen LogP contribution is 2.29. The molecular weight excluding hydrogens is 402 g/mol. The van der Waals surface area contributed by atoms with Crippen LogP contribution in [0.2, 0.25) is 0 Å². The van der Waals surface area contributed by atoms with E-state index >= 15 is 0 Å². The highest BCUT2D eigenvalue weighted by molar-refractivity contribution is 5.49. The van der Waals surface area contributed by atoms with Gasteiger partial charge in [0.25, 0.3) is 0 Å². The summed E-state index contributed by atoms with van der Waals surface area (Å²) < 4.78 is 0. The zero-order chi connectivity index (χ0) is 23.6. The smallest absolute Gasteiger partial charge is 0.0368 e. The minimum atomic E-state index is 0.319. The molecule has 3 nitrogen and oxygen atoms in total. The van der Waals surface area contributed by atoms with Crippen molar-refractivity contribution >= 4 is 5.69 Å². The molecule has 0 radical (unpaired) electrons. The van der Waals surface area contributed by atoms with E-state index in [-0.39, 0.29) is 0 Å². The summed E-state index contributed by atoms with van der Waals surface area (Å²) in [5, 5.41) is 0. The first-order valence-electron chi connectivity index (χ1n) is 14.2. The van der Waals surface area contributed by atoms with E-state index in [0.717, 1.165) is 24.8 Å². The van der Waals surface area contributed by atoms with Crippen LogP contribution in [0.4, 0.5) is 5.69 Å². The van der Waals surface area contributed by atoms with Gasteiger partial charge in [-0.2, -0.15) is 0 Å². The average molecular weight is 456 g/mol. The van der Waals surface area contributed by atoms with Crippen molar-refractivity contribution in [1.29, 1.82) is 0 Å². The van der Waals surface area contributed by atoms with Crippen LogP contribution in [0.3, 0.4) is 0 Å². The molecule has 1 saturated heterocycles. The van der Waals surface area contributed by atoms with Crippen molar-refractivity contribution in [2.45, 2.75) is 110 Å². The van der Waals surface area contributed by atoms with Crippen LogP contribution in [-0.2, 0) is 6.42 Å². The zero-order valence-corrected chi connectivity index (χ0v) is 22.3. The van der Waals surface area contributed by atoms with E-state index in [1.165, 1.54) is 95.1 Å². The molecule has 3 rings (SSSR count). The van der Waals surface area contributed by atoms with Crippen LogP contribution >= 0.6 is 0 Å². The third-order valence-electron chi connectivity index (χ3n) is 8.05. The lowest BCUT2D eigenvalue weighted by atomic mass is 9.85. The van der Waals surface area contributed by atoms with E-state index in [1.54, 1.807) is 0 Å². The molecule has 2 aliphatic rings. The second-order valence-corrected chi connectivity index (χ2v) is 12.0. The van der Waals surface area contributed by atoms with E-state index in [9.17, 15) is 0 Å². The second-order valence-electron chi connectivity index (χ2n) is 12.0. The summed E-state index contributed by atoms with van der Waals surface area (Å²) in [5.74, 6) is 2.41. The molecule has 1 atom stereocenters. The van der Waals surface area contributed by atoms with Gasteiger partial charge < -0.3 is 15.5 Å². The summed E-state index contributed by atoms with van der Waals surface area (Å²) in [7, 11) is 0. The molecule has 1 heterocycles. The van der Waals surface area contributed by atoms with Gasteiger partial charge in [-0.1, -0.05) is 71.9 Å². The maximum absolute atomic E-state index is 6.41. The molecule has 1 aromatic carbocycles. The van der Waals surface area contributed by atoms with E-state index in [4.69, 9.17) is 5.73 Å². The Morgan fingerprint density at radius 3 is 2.18 bits per heavy atom. The molecule has 188 valence electrons. The Labute approximate surface area is 205 Å². The lowest BCUT2D eigenvalue weighted by Crippen LogP contribution is -2.48. The Balaban J connectivity index is 1.54. The quantitative estimate of drug-likeness (QED) is 0.372. The molecular formula is C30H53N3. The molecule has 0 aromatic heterocycles.